The lowest BCUT2D eigenvalue weighted by Gasteiger charge is -2.23. The summed E-state index contributed by atoms with van der Waals surface area (Å²) in [6.07, 6.45) is 1.40. The second kappa shape index (κ2) is 11.3. The summed E-state index contributed by atoms with van der Waals surface area (Å²) in [5.74, 6) is 0.861. The first kappa shape index (κ1) is 26.6. The molecule has 0 saturated carbocycles. The van der Waals surface area contributed by atoms with Gasteiger partial charge in [0.1, 0.15) is 6.10 Å². The summed E-state index contributed by atoms with van der Waals surface area (Å²) in [7, 11) is 0. The van der Waals surface area contributed by atoms with Crippen LogP contribution in [0, 0.1) is 11.8 Å². The average molecular weight is 515 g/mol. The molecule has 4 aliphatic rings. The van der Waals surface area contributed by atoms with E-state index < -0.39 is 6.10 Å². The van der Waals surface area contributed by atoms with Crippen LogP contribution in [0.1, 0.15) is 45.2 Å². The molecule has 0 spiro atoms. The normalized spacial score (nSPS) is 25.6. The Bertz CT molecular complexity index is 1130. The minimum Gasteiger partial charge on any atom is -0.504 e. The molecule has 4 heterocycles. The van der Waals surface area contributed by atoms with Crippen molar-refractivity contribution in [2.45, 2.75) is 71.4 Å². The van der Waals surface area contributed by atoms with Gasteiger partial charge in [-0.3, -0.25) is 9.59 Å². The second-order valence-corrected chi connectivity index (χ2v) is 9.66. The van der Waals surface area contributed by atoms with E-state index in [1.54, 1.807) is 26.0 Å². The fourth-order valence-electron chi connectivity index (χ4n) is 4.60. The van der Waals surface area contributed by atoms with Gasteiger partial charge in [0.25, 0.3) is 0 Å². The van der Waals surface area contributed by atoms with E-state index in [2.05, 4.69) is 13.0 Å². The fraction of sp³-hybridized carbons (Fsp3) is 0.500. The summed E-state index contributed by atoms with van der Waals surface area (Å²) in [6, 6.07) is 10.9. The Morgan fingerprint density at radius 3 is 2.32 bits per heavy atom. The lowest BCUT2D eigenvalue weighted by atomic mass is 9.88. The zero-order valence-corrected chi connectivity index (χ0v) is 21.5. The van der Waals surface area contributed by atoms with Gasteiger partial charge in [0, 0.05) is 0 Å². The van der Waals surface area contributed by atoms with Crippen molar-refractivity contribution in [1.82, 2.24) is 0 Å². The van der Waals surface area contributed by atoms with Crippen LogP contribution < -0.4 is 9.47 Å². The molecule has 6 rings (SSSR count). The number of aryl methyl sites for hydroxylation is 2. The monoisotopic (exact) mass is 514 g/mol. The maximum Gasteiger partial charge on any atom is 0.312 e. The summed E-state index contributed by atoms with van der Waals surface area (Å²) < 4.78 is 26.5. The first-order valence-electron chi connectivity index (χ1n) is 12.7. The van der Waals surface area contributed by atoms with Gasteiger partial charge in [0.15, 0.2) is 35.2 Å². The molecule has 0 aromatic heterocycles. The van der Waals surface area contributed by atoms with Crippen LogP contribution in [0.25, 0.3) is 0 Å². The summed E-state index contributed by atoms with van der Waals surface area (Å²) in [4.78, 5) is 22.9. The van der Waals surface area contributed by atoms with Crippen molar-refractivity contribution in [2.75, 3.05) is 6.79 Å². The third-order valence-electron chi connectivity index (χ3n) is 6.80. The molecule has 37 heavy (non-hydrogen) atoms. The van der Waals surface area contributed by atoms with Gasteiger partial charge in [-0.15, -0.1) is 0 Å². The number of carbonyl (C=O) groups excluding carboxylic acids is 2. The van der Waals surface area contributed by atoms with Crippen LogP contribution in [0.3, 0.4) is 0 Å². The Balaban J connectivity index is 0.000000135. The number of phenols is 2. The highest BCUT2D eigenvalue weighted by atomic mass is 16.7. The standard InChI is InChI=1S/C11H14O5.C9H10O2.C8H10O2/c1-4(2)10(12)15-8-6-3-5-7(14-6)9(8)16-11(5)13;1-2-7-3-4-8-9(5-7)11-6-10-8;1-2-6-3-4-7(9)8(10)5-6/h4-9H,3H2,1-2H3;3-5H,2,6H2,1H3;3-5,9-10H,2H2,1H3. The van der Waals surface area contributed by atoms with E-state index in [1.165, 1.54) is 11.6 Å². The molecule has 9 heteroatoms. The van der Waals surface area contributed by atoms with E-state index in [9.17, 15) is 9.59 Å². The van der Waals surface area contributed by atoms with E-state index in [0.717, 1.165) is 29.9 Å². The van der Waals surface area contributed by atoms with Crippen LogP contribution in [0.4, 0.5) is 0 Å². The van der Waals surface area contributed by atoms with Crippen LogP contribution >= 0.6 is 0 Å². The maximum absolute atomic E-state index is 11.5. The molecular formula is C28H34O9. The van der Waals surface area contributed by atoms with Crippen LogP contribution in [0.15, 0.2) is 36.4 Å². The van der Waals surface area contributed by atoms with E-state index in [0.29, 0.717) is 13.2 Å². The van der Waals surface area contributed by atoms with Crippen LogP contribution in [0.5, 0.6) is 23.0 Å². The van der Waals surface area contributed by atoms with E-state index in [4.69, 9.17) is 33.9 Å². The zero-order chi connectivity index (χ0) is 26.7. The smallest absolute Gasteiger partial charge is 0.312 e. The molecule has 2 aromatic rings. The molecule has 0 aliphatic carbocycles. The lowest BCUT2D eigenvalue weighted by molar-refractivity contribution is -0.163. The number of carbonyl (C=O) groups is 2. The number of phenolic OH excluding ortho intramolecular Hbond substituents is 2. The molecule has 2 bridgehead atoms. The average Bonchev–Trinajstić information content (AvgIpc) is 3.64. The highest BCUT2D eigenvalue weighted by Crippen LogP contribution is 2.47. The highest BCUT2D eigenvalue weighted by Gasteiger charge is 2.65. The van der Waals surface area contributed by atoms with Gasteiger partial charge in [-0.1, -0.05) is 39.8 Å². The summed E-state index contributed by atoms with van der Waals surface area (Å²) in [5.41, 5.74) is 2.31. The van der Waals surface area contributed by atoms with Crippen molar-refractivity contribution in [3.8, 4) is 23.0 Å². The summed E-state index contributed by atoms with van der Waals surface area (Å²) >= 11 is 0. The molecule has 0 amide bonds. The van der Waals surface area contributed by atoms with Gasteiger partial charge >= 0.3 is 11.9 Å². The first-order valence-corrected chi connectivity index (χ1v) is 12.7. The van der Waals surface area contributed by atoms with Crippen LogP contribution in [-0.2, 0) is 36.6 Å². The maximum atomic E-state index is 11.5. The molecule has 2 N–H and O–H groups in total. The van der Waals surface area contributed by atoms with Gasteiger partial charge in [-0.05, 0) is 54.7 Å². The van der Waals surface area contributed by atoms with Gasteiger partial charge in [0.2, 0.25) is 6.79 Å². The third kappa shape index (κ3) is 5.77. The molecular weight excluding hydrogens is 480 g/mol. The Hall–Kier alpha value is -3.46. The molecule has 9 nitrogen and oxygen atoms in total. The van der Waals surface area contributed by atoms with Gasteiger partial charge < -0.3 is 33.9 Å². The SMILES string of the molecule is CC(C)C(=O)OC1C2CC3C(=O)OC1C3O2.CCc1ccc(O)c(O)c1.CCc1ccc2c(c1)OCO2. The minimum absolute atomic E-state index is 0.0423. The van der Waals surface area contributed by atoms with Gasteiger partial charge in [0.05, 0.1) is 17.9 Å². The number of ether oxygens (including phenoxy) is 5. The number of rotatable bonds is 4. The molecule has 3 saturated heterocycles. The molecule has 3 fully saturated rings. The predicted molar refractivity (Wildman–Crippen MR) is 132 cm³/mol. The van der Waals surface area contributed by atoms with Crippen molar-refractivity contribution in [1.29, 1.82) is 0 Å². The highest BCUT2D eigenvalue weighted by molar-refractivity contribution is 5.78. The van der Waals surface area contributed by atoms with Crippen LogP contribution in [-0.4, -0.2) is 53.4 Å². The third-order valence-corrected chi connectivity index (χ3v) is 6.80. The summed E-state index contributed by atoms with van der Waals surface area (Å²) in [5, 5.41) is 17.9. The van der Waals surface area contributed by atoms with E-state index >= 15 is 0 Å². The number of aromatic hydroxyl groups is 2. The van der Waals surface area contributed by atoms with Crippen molar-refractivity contribution in [3.05, 3.63) is 47.5 Å². The number of fused-ring (bicyclic) bond motifs is 2. The van der Waals surface area contributed by atoms with Gasteiger partial charge in [-0.25, -0.2) is 0 Å². The van der Waals surface area contributed by atoms with Crippen molar-refractivity contribution >= 4 is 11.9 Å². The molecule has 200 valence electrons. The Morgan fingerprint density at radius 2 is 1.65 bits per heavy atom. The largest absolute Gasteiger partial charge is 0.504 e. The van der Waals surface area contributed by atoms with Crippen molar-refractivity contribution in [3.63, 3.8) is 0 Å². The minimum atomic E-state index is -0.400. The van der Waals surface area contributed by atoms with E-state index in [1.807, 2.05) is 19.1 Å². The second-order valence-electron chi connectivity index (χ2n) is 9.66. The molecule has 0 radical (unpaired) electrons. The van der Waals surface area contributed by atoms with Crippen molar-refractivity contribution in [2.24, 2.45) is 11.8 Å². The molecule has 5 atom stereocenters. The van der Waals surface area contributed by atoms with E-state index in [-0.39, 0.29) is 53.6 Å². The Labute approximate surface area is 216 Å². The number of benzene rings is 2. The Morgan fingerprint density at radius 1 is 0.973 bits per heavy atom. The first-order chi connectivity index (χ1) is 17.7. The zero-order valence-electron chi connectivity index (χ0n) is 21.5. The van der Waals surface area contributed by atoms with Crippen molar-refractivity contribution < 1.29 is 43.5 Å². The number of esters is 2. The summed E-state index contributed by atoms with van der Waals surface area (Å²) in [6.45, 7) is 8.03. The number of hydrogen-bond acceptors (Lipinski definition) is 9. The predicted octanol–water partition coefficient (Wildman–Crippen LogP) is 3.90. The lowest BCUT2D eigenvalue weighted by Crippen LogP contribution is -2.40. The molecule has 4 aliphatic heterocycles. The quantitative estimate of drug-likeness (QED) is 0.462. The topological polar surface area (TPSA) is 121 Å². The molecule has 2 aromatic carbocycles. The Kier molecular flexibility index (Phi) is 8.12. The fourth-order valence-corrected chi connectivity index (χ4v) is 4.60. The van der Waals surface area contributed by atoms with Crippen LogP contribution in [0.2, 0.25) is 0 Å². The number of hydrogen-bond donors (Lipinski definition) is 2. The molecule has 5 unspecified atom stereocenters. The van der Waals surface area contributed by atoms with Gasteiger partial charge in [-0.2, -0.15) is 0 Å².